The second kappa shape index (κ2) is 8.46. The van der Waals surface area contributed by atoms with Gasteiger partial charge in [-0.15, -0.1) is 0 Å². The zero-order valence-corrected chi connectivity index (χ0v) is 16.3. The van der Waals surface area contributed by atoms with Crippen molar-refractivity contribution < 1.29 is 18.3 Å². The molecule has 0 bridgehead atoms. The molecule has 1 fully saturated rings. The molecule has 1 saturated heterocycles. The number of benzene rings is 1. The normalized spacial score (nSPS) is 18.5. The molecule has 0 aromatic heterocycles. The summed E-state index contributed by atoms with van der Waals surface area (Å²) >= 11 is 0. The van der Waals surface area contributed by atoms with Crippen molar-refractivity contribution in [2.45, 2.75) is 20.0 Å². The van der Waals surface area contributed by atoms with Gasteiger partial charge in [0, 0.05) is 46.8 Å². The first-order valence-electron chi connectivity index (χ1n) is 8.47. The average molecular weight is 372 g/mol. The van der Waals surface area contributed by atoms with Gasteiger partial charge in [0.05, 0.1) is 0 Å². The third-order valence-corrected chi connectivity index (χ3v) is 6.17. The summed E-state index contributed by atoms with van der Waals surface area (Å²) in [6, 6.07) is 5.97. The van der Waals surface area contributed by atoms with Crippen LogP contribution in [0.3, 0.4) is 0 Å². The Kier molecular flexibility index (Phi) is 6.81. The average Bonchev–Trinajstić information content (AvgIpc) is 2.52. The third-order valence-electron chi connectivity index (χ3n) is 4.23. The number of rotatable bonds is 7. The number of aliphatic hydroxyl groups excluding tert-OH is 1. The van der Waals surface area contributed by atoms with Gasteiger partial charge in [0.15, 0.2) is 0 Å². The van der Waals surface area contributed by atoms with Crippen molar-refractivity contribution in [3.8, 4) is 5.75 Å². The van der Waals surface area contributed by atoms with Gasteiger partial charge in [-0.1, -0.05) is 6.07 Å². The fraction of sp³-hybridized carbons (Fsp3) is 0.647. The minimum absolute atomic E-state index is 0.221. The van der Waals surface area contributed by atoms with Crippen LogP contribution in [-0.2, 0) is 10.2 Å². The van der Waals surface area contributed by atoms with Crippen LogP contribution in [-0.4, -0.2) is 86.6 Å². The van der Waals surface area contributed by atoms with Gasteiger partial charge < -0.3 is 9.84 Å². The van der Waals surface area contributed by atoms with E-state index < -0.39 is 16.3 Å². The lowest BCUT2D eigenvalue weighted by Gasteiger charge is -2.35. The summed E-state index contributed by atoms with van der Waals surface area (Å²) in [5.74, 6) is 0.762. The standard InChI is InChI=1S/C17H29N3O4S/c1-14-9-15(2)11-17(10-14)24-13-16(21)12-19-5-7-20(8-6-19)25(22,23)18(3)4/h9-11,16,21H,5-8,12-13H2,1-4H3/t16-/m0/s1. The van der Waals surface area contributed by atoms with Crippen molar-refractivity contribution >= 4 is 10.2 Å². The topological polar surface area (TPSA) is 73.3 Å². The molecule has 1 N–H and O–H groups in total. The number of nitrogens with zero attached hydrogens (tertiary/aromatic N) is 3. The Labute approximate surface area is 151 Å². The van der Waals surface area contributed by atoms with Gasteiger partial charge in [-0.2, -0.15) is 17.0 Å². The minimum Gasteiger partial charge on any atom is -0.491 e. The van der Waals surface area contributed by atoms with Gasteiger partial charge in [-0.25, -0.2) is 0 Å². The third kappa shape index (κ3) is 5.65. The maximum Gasteiger partial charge on any atom is 0.281 e. The van der Waals surface area contributed by atoms with Crippen LogP contribution in [0.4, 0.5) is 0 Å². The van der Waals surface area contributed by atoms with E-state index in [9.17, 15) is 13.5 Å². The Bertz CT molecular complexity index is 650. The second-order valence-electron chi connectivity index (χ2n) is 6.78. The zero-order chi connectivity index (χ0) is 18.6. The van der Waals surface area contributed by atoms with Gasteiger partial charge in [0.1, 0.15) is 18.5 Å². The molecule has 0 spiro atoms. The molecule has 1 aliphatic heterocycles. The van der Waals surface area contributed by atoms with Gasteiger partial charge in [0.2, 0.25) is 0 Å². The molecule has 0 radical (unpaired) electrons. The first-order chi connectivity index (χ1) is 11.7. The fourth-order valence-corrected chi connectivity index (χ4v) is 4.02. The van der Waals surface area contributed by atoms with Crippen molar-refractivity contribution in [1.82, 2.24) is 13.5 Å². The lowest BCUT2D eigenvalue weighted by Crippen LogP contribution is -2.53. The molecule has 0 amide bonds. The molecule has 1 aromatic carbocycles. The molecule has 2 rings (SSSR count). The number of hydrogen-bond donors (Lipinski definition) is 1. The molecule has 142 valence electrons. The molecular formula is C17H29N3O4S. The number of aryl methyl sites for hydroxylation is 2. The van der Waals surface area contributed by atoms with Gasteiger partial charge in [-0.05, 0) is 37.1 Å². The lowest BCUT2D eigenvalue weighted by molar-refractivity contribution is 0.0564. The molecule has 0 saturated carbocycles. The van der Waals surface area contributed by atoms with E-state index in [2.05, 4.69) is 11.0 Å². The highest BCUT2D eigenvalue weighted by atomic mass is 32.2. The number of piperazine rings is 1. The summed E-state index contributed by atoms with van der Waals surface area (Å²) in [7, 11) is -0.278. The molecule has 1 aromatic rings. The Morgan fingerprint density at radius 3 is 2.20 bits per heavy atom. The molecule has 0 aliphatic carbocycles. The van der Waals surface area contributed by atoms with Crippen molar-refractivity contribution in [3.63, 3.8) is 0 Å². The molecule has 1 atom stereocenters. The van der Waals surface area contributed by atoms with E-state index in [0.717, 1.165) is 16.9 Å². The molecule has 25 heavy (non-hydrogen) atoms. The number of hydrogen-bond acceptors (Lipinski definition) is 5. The summed E-state index contributed by atoms with van der Waals surface area (Å²) in [5, 5.41) is 10.2. The maximum atomic E-state index is 12.1. The van der Waals surface area contributed by atoms with Gasteiger partial charge in [-0.3, -0.25) is 4.90 Å². The van der Waals surface area contributed by atoms with Gasteiger partial charge >= 0.3 is 0 Å². The van der Waals surface area contributed by atoms with Crippen molar-refractivity contribution in [2.75, 3.05) is 53.4 Å². The summed E-state index contributed by atoms with van der Waals surface area (Å²) in [5.41, 5.74) is 2.26. The number of aliphatic hydroxyl groups is 1. The predicted molar refractivity (Wildman–Crippen MR) is 98.0 cm³/mol. The van der Waals surface area contributed by atoms with Crippen molar-refractivity contribution in [3.05, 3.63) is 29.3 Å². The lowest BCUT2D eigenvalue weighted by atomic mass is 10.1. The number of ether oxygens (including phenoxy) is 1. The summed E-state index contributed by atoms with van der Waals surface area (Å²) in [6.07, 6.45) is -0.613. The predicted octanol–water partition coefficient (Wildman–Crippen LogP) is 0.467. The van der Waals surface area contributed by atoms with E-state index in [-0.39, 0.29) is 6.61 Å². The van der Waals surface area contributed by atoms with E-state index in [4.69, 9.17) is 4.74 Å². The number of β-amino-alcohol motifs (C(OH)–C–C–N with tert-alkyl or cyclic N) is 1. The Hall–Kier alpha value is -1.19. The monoisotopic (exact) mass is 371 g/mol. The summed E-state index contributed by atoms with van der Waals surface area (Å²) in [6.45, 7) is 6.80. The van der Waals surface area contributed by atoms with Crippen LogP contribution < -0.4 is 4.74 Å². The van der Waals surface area contributed by atoms with Crippen LogP contribution in [0.2, 0.25) is 0 Å². The fourth-order valence-electron chi connectivity index (χ4n) is 2.93. The highest BCUT2D eigenvalue weighted by Crippen LogP contribution is 2.16. The molecule has 1 heterocycles. The highest BCUT2D eigenvalue weighted by Gasteiger charge is 2.29. The van der Waals surface area contributed by atoms with Crippen LogP contribution in [0.25, 0.3) is 0 Å². The Balaban J connectivity index is 1.78. The van der Waals surface area contributed by atoms with Crippen LogP contribution in [0.5, 0.6) is 5.75 Å². The van der Waals surface area contributed by atoms with E-state index in [0.29, 0.717) is 32.7 Å². The molecule has 7 nitrogen and oxygen atoms in total. The molecule has 8 heteroatoms. The van der Waals surface area contributed by atoms with Crippen LogP contribution in [0, 0.1) is 13.8 Å². The largest absolute Gasteiger partial charge is 0.491 e. The SMILES string of the molecule is Cc1cc(C)cc(OC[C@@H](O)CN2CCN(S(=O)(=O)N(C)C)CC2)c1. The van der Waals surface area contributed by atoms with Crippen LogP contribution >= 0.6 is 0 Å². The molecule has 1 aliphatic rings. The smallest absolute Gasteiger partial charge is 0.281 e. The van der Waals surface area contributed by atoms with Crippen LogP contribution in [0.15, 0.2) is 18.2 Å². The Morgan fingerprint density at radius 1 is 1.12 bits per heavy atom. The maximum absolute atomic E-state index is 12.1. The molecular weight excluding hydrogens is 342 g/mol. The van der Waals surface area contributed by atoms with E-state index >= 15 is 0 Å². The molecule has 0 unspecified atom stereocenters. The zero-order valence-electron chi connectivity index (χ0n) is 15.5. The van der Waals surface area contributed by atoms with Crippen molar-refractivity contribution in [2.24, 2.45) is 0 Å². The van der Waals surface area contributed by atoms with E-state index in [1.165, 1.54) is 22.7 Å². The summed E-state index contributed by atoms with van der Waals surface area (Å²) in [4.78, 5) is 2.07. The van der Waals surface area contributed by atoms with Gasteiger partial charge in [0.25, 0.3) is 10.2 Å². The first-order valence-corrected chi connectivity index (χ1v) is 9.87. The first kappa shape index (κ1) is 20.1. The van der Waals surface area contributed by atoms with Crippen LogP contribution in [0.1, 0.15) is 11.1 Å². The Morgan fingerprint density at radius 2 is 1.68 bits per heavy atom. The highest BCUT2D eigenvalue weighted by molar-refractivity contribution is 7.86. The van der Waals surface area contributed by atoms with E-state index in [1.807, 2.05) is 26.0 Å². The minimum atomic E-state index is -3.35. The quantitative estimate of drug-likeness (QED) is 0.754. The summed E-state index contributed by atoms with van der Waals surface area (Å²) < 4.78 is 32.6. The van der Waals surface area contributed by atoms with E-state index in [1.54, 1.807) is 0 Å². The van der Waals surface area contributed by atoms with Crippen molar-refractivity contribution in [1.29, 1.82) is 0 Å². The second-order valence-corrected chi connectivity index (χ2v) is 8.92.